The molecule has 0 saturated heterocycles. The van der Waals surface area contributed by atoms with Crippen LogP contribution in [0.3, 0.4) is 0 Å². The number of benzene rings is 1. The standard InChI is InChI=1S/C15H18N4O5/c16-12(20)11(13(17)21)19-14(22)18-6-15(3-4-15)8-1-2-9-10(5-8)24-7-23-9/h1-2,5,11H,3-4,6-7H2,(H2,16,20)(H2,17,21)(H2,18,19,22). The summed E-state index contributed by atoms with van der Waals surface area (Å²) in [6.07, 6.45) is 1.81. The van der Waals surface area contributed by atoms with Gasteiger partial charge in [-0.05, 0) is 30.5 Å². The number of fused-ring (bicyclic) bond motifs is 1. The van der Waals surface area contributed by atoms with E-state index in [4.69, 9.17) is 20.9 Å². The van der Waals surface area contributed by atoms with Crippen molar-refractivity contribution in [2.75, 3.05) is 13.3 Å². The number of ether oxygens (including phenoxy) is 2. The van der Waals surface area contributed by atoms with Gasteiger partial charge in [0.25, 0.3) is 0 Å². The second-order valence-corrected chi connectivity index (χ2v) is 5.91. The van der Waals surface area contributed by atoms with Gasteiger partial charge < -0.3 is 31.6 Å². The zero-order valence-corrected chi connectivity index (χ0v) is 12.8. The Morgan fingerprint density at radius 2 is 1.79 bits per heavy atom. The molecule has 1 aromatic carbocycles. The Hall–Kier alpha value is -2.97. The van der Waals surface area contributed by atoms with E-state index >= 15 is 0 Å². The van der Waals surface area contributed by atoms with Gasteiger partial charge in [-0.3, -0.25) is 9.59 Å². The molecular weight excluding hydrogens is 316 g/mol. The summed E-state index contributed by atoms with van der Waals surface area (Å²) >= 11 is 0. The van der Waals surface area contributed by atoms with Gasteiger partial charge in [-0.2, -0.15) is 0 Å². The third-order valence-electron chi connectivity index (χ3n) is 4.27. The first-order chi connectivity index (χ1) is 11.4. The molecule has 0 spiro atoms. The molecule has 24 heavy (non-hydrogen) atoms. The number of amides is 4. The largest absolute Gasteiger partial charge is 0.454 e. The third-order valence-corrected chi connectivity index (χ3v) is 4.27. The summed E-state index contributed by atoms with van der Waals surface area (Å²) in [5.41, 5.74) is 10.9. The molecule has 1 aliphatic carbocycles. The van der Waals surface area contributed by atoms with Crippen LogP contribution in [0.15, 0.2) is 18.2 Å². The summed E-state index contributed by atoms with van der Waals surface area (Å²) in [6.45, 7) is 0.552. The second kappa shape index (κ2) is 5.91. The van der Waals surface area contributed by atoms with Crippen molar-refractivity contribution in [1.82, 2.24) is 10.6 Å². The number of nitrogens with two attached hydrogens (primary N) is 2. The Balaban J connectivity index is 1.61. The van der Waals surface area contributed by atoms with Gasteiger partial charge in [0.15, 0.2) is 17.5 Å². The fourth-order valence-electron chi connectivity index (χ4n) is 2.66. The Kier molecular flexibility index (Phi) is 3.92. The minimum absolute atomic E-state index is 0.187. The van der Waals surface area contributed by atoms with E-state index < -0.39 is 23.9 Å². The van der Waals surface area contributed by atoms with Crippen LogP contribution in [0.4, 0.5) is 4.79 Å². The van der Waals surface area contributed by atoms with Gasteiger partial charge in [0.2, 0.25) is 18.6 Å². The van der Waals surface area contributed by atoms with Crippen molar-refractivity contribution in [2.45, 2.75) is 24.3 Å². The van der Waals surface area contributed by atoms with E-state index in [1.807, 2.05) is 18.2 Å². The second-order valence-electron chi connectivity index (χ2n) is 5.91. The Morgan fingerprint density at radius 1 is 1.12 bits per heavy atom. The van der Waals surface area contributed by atoms with Crippen molar-refractivity contribution >= 4 is 17.8 Å². The van der Waals surface area contributed by atoms with Crippen molar-refractivity contribution in [1.29, 1.82) is 0 Å². The van der Waals surface area contributed by atoms with Gasteiger partial charge in [0.05, 0.1) is 0 Å². The topological polar surface area (TPSA) is 146 Å². The van der Waals surface area contributed by atoms with Crippen molar-refractivity contribution in [3.05, 3.63) is 23.8 Å². The first-order valence-electron chi connectivity index (χ1n) is 7.44. The number of rotatable bonds is 6. The normalized spacial score (nSPS) is 16.5. The molecule has 9 nitrogen and oxygen atoms in total. The van der Waals surface area contributed by atoms with Crippen LogP contribution in [0.5, 0.6) is 11.5 Å². The van der Waals surface area contributed by atoms with Gasteiger partial charge in [0.1, 0.15) is 0 Å². The number of hydrogen-bond donors (Lipinski definition) is 4. The molecule has 128 valence electrons. The van der Waals surface area contributed by atoms with Crippen LogP contribution >= 0.6 is 0 Å². The summed E-state index contributed by atoms with van der Waals surface area (Å²) in [6, 6.07) is 3.48. The molecule has 9 heteroatoms. The minimum atomic E-state index is -1.54. The van der Waals surface area contributed by atoms with E-state index in [-0.39, 0.29) is 12.2 Å². The van der Waals surface area contributed by atoms with Crippen molar-refractivity contribution in [2.24, 2.45) is 11.5 Å². The molecule has 1 saturated carbocycles. The Morgan fingerprint density at radius 3 is 2.42 bits per heavy atom. The van der Waals surface area contributed by atoms with Crippen LogP contribution in [0.25, 0.3) is 0 Å². The molecule has 0 aromatic heterocycles. The molecule has 3 rings (SSSR count). The van der Waals surface area contributed by atoms with Gasteiger partial charge in [-0.25, -0.2) is 4.79 Å². The first-order valence-corrected chi connectivity index (χ1v) is 7.44. The van der Waals surface area contributed by atoms with E-state index in [1.54, 1.807) is 0 Å². The number of carbonyl (C=O) groups excluding carboxylic acids is 3. The maximum Gasteiger partial charge on any atom is 0.315 e. The molecule has 0 atom stereocenters. The van der Waals surface area contributed by atoms with Crippen molar-refractivity contribution < 1.29 is 23.9 Å². The lowest BCUT2D eigenvalue weighted by Crippen LogP contribution is -2.55. The number of carbonyl (C=O) groups is 3. The summed E-state index contributed by atoms with van der Waals surface area (Å²) < 4.78 is 10.7. The maximum absolute atomic E-state index is 11.9. The predicted molar refractivity (Wildman–Crippen MR) is 82.2 cm³/mol. The lowest BCUT2D eigenvalue weighted by atomic mass is 9.95. The SMILES string of the molecule is NC(=O)C(NC(=O)NCC1(c2ccc3c(c2)OCO3)CC1)C(N)=O. The third kappa shape index (κ3) is 3.05. The average molecular weight is 334 g/mol. The molecule has 0 bridgehead atoms. The fraction of sp³-hybridized carbons (Fsp3) is 0.400. The molecule has 2 aliphatic rings. The quantitative estimate of drug-likeness (QED) is 0.497. The van der Waals surface area contributed by atoms with Crippen LogP contribution in [0.2, 0.25) is 0 Å². The molecule has 1 aliphatic heterocycles. The molecule has 1 fully saturated rings. The summed E-state index contributed by atoms with van der Waals surface area (Å²) in [7, 11) is 0. The summed E-state index contributed by atoms with van der Waals surface area (Å²) in [5.74, 6) is -0.624. The zero-order chi connectivity index (χ0) is 17.3. The predicted octanol–water partition coefficient (Wildman–Crippen LogP) is -0.915. The van der Waals surface area contributed by atoms with Gasteiger partial charge >= 0.3 is 6.03 Å². The van der Waals surface area contributed by atoms with Crippen LogP contribution in [0.1, 0.15) is 18.4 Å². The van der Waals surface area contributed by atoms with Crippen molar-refractivity contribution in [3.8, 4) is 11.5 Å². The highest BCUT2D eigenvalue weighted by Gasteiger charge is 2.45. The summed E-state index contributed by atoms with van der Waals surface area (Å²) in [5, 5.41) is 4.82. The number of nitrogens with one attached hydrogen (secondary N) is 2. The van der Waals surface area contributed by atoms with Crippen molar-refractivity contribution in [3.63, 3.8) is 0 Å². The highest BCUT2D eigenvalue weighted by Crippen LogP contribution is 2.49. The number of hydrogen-bond acceptors (Lipinski definition) is 5. The average Bonchev–Trinajstić information content (AvgIpc) is 3.18. The first kappa shape index (κ1) is 15.9. The number of urea groups is 1. The lowest BCUT2D eigenvalue weighted by molar-refractivity contribution is -0.128. The number of primary amides is 2. The fourth-order valence-corrected chi connectivity index (χ4v) is 2.66. The molecule has 6 N–H and O–H groups in total. The molecular formula is C15H18N4O5. The smallest absolute Gasteiger partial charge is 0.315 e. The molecule has 0 unspecified atom stereocenters. The summed E-state index contributed by atoms with van der Waals surface area (Å²) in [4.78, 5) is 34.0. The van der Waals surface area contributed by atoms with Gasteiger partial charge in [-0.15, -0.1) is 0 Å². The van der Waals surface area contributed by atoms with Crippen LogP contribution in [0, 0.1) is 0 Å². The maximum atomic E-state index is 11.9. The van der Waals surface area contributed by atoms with Crippen LogP contribution in [-0.4, -0.2) is 37.2 Å². The van der Waals surface area contributed by atoms with E-state index in [0.717, 1.165) is 18.4 Å². The van der Waals surface area contributed by atoms with E-state index in [9.17, 15) is 14.4 Å². The van der Waals surface area contributed by atoms with Gasteiger partial charge in [-0.1, -0.05) is 6.07 Å². The van der Waals surface area contributed by atoms with Crippen LogP contribution in [-0.2, 0) is 15.0 Å². The molecule has 0 radical (unpaired) electrons. The molecule has 1 aromatic rings. The zero-order valence-electron chi connectivity index (χ0n) is 12.8. The Bertz CT molecular complexity index is 687. The highest BCUT2D eigenvalue weighted by molar-refractivity contribution is 6.05. The lowest BCUT2D eigenvalue weighted by Gasteiger charge is -2.18. The monoisotopic (exact) mass is 334 g/mol. The van der Waals surface area contributed by atoms with Crippen LogP contribution < -0.4 is 31.6 Å². The minimum Gasteiger partial charge on any atom is -0.454 e. The van der Waals surface area contributed by atoms with Gasteiger partial charge in [0, 0.05) is 12.0 Å². The molecule has 1 heterocycles. The Labute approximate surface area is 137 Å². The highest BCUT2D eigenvalue weighted by atomic mass is 16.7. The molecule has 4 amide bonds. The van der Waals surface area contributed by atoms with E-state index in [1.165, 1.54) is 0 Å². The van der Waals surface area contributed by atoms with E-state index in [2.05, 4.69) is 10.6 Å². The van der Waals surface area contributed by atoms with E-state index in [0.29, 0.717) is 18.0 Å².